The lowest BCUT2D eigenvalue weighted by Crippen LogP contribution is -2.53. The van der Waals surface area contributed by atoms with Crippen LogP contribution in [0, 0.1) is 0 Å². The molecule has 0 aliphatic carbocycles. The van der Waals surface area contributed by atoms with Crippen LogP contribution in [0.25, 0.3) is 0 Å². The maximum atomic E-state index is 6.66. The zero-order valence-corrected chi connectivity index (χ0v) is 13.8. The van der Waals surface area contributed by atoms with Crippen molar-refractivity contribution in [3.8, 4) is 0 Å². The van der Waals surface area contributed by atoms with E-state index < -0.39 is 0 Å². The van der Waals surface area contributed by atoms with Gasteiger partial charge in [-0.15, -0.1) is 0 Å². The fourth-order valence-corrected chi connectivity index (χ4v) is 3.97. The third-order valence-corrected chi connectivity index (χ3v) is 5.69. The molecule has 2 N–H and O–H groups in total. The average molecular weight is 315 g/mol. The first kappa shape index (κ1) is 16.1. The van der Waals surface area contributed by atoms with Crippen LogP contribution in [0.1, 0.15) is 51.1 Å². The van der Waals surface area contributed by atoms with Crippen molar-refractivity contribution in [2.75, 3.05) is 13.1 Å². The van der Waals surface area contributed by atoms with Crippen molar-refractivity contribution in [3.63, 3.8) is 0 Å². The lowest BCUT2D eigenvalue weighted by molar-refractivity contribution is 0.0767. The Morgan fingerprint density at radius 3 is 2.35 bits per heavy atom. The van der Waals surface area contributed by atoms with Gasteiger partial charge in [0.05, 0.1) is 10.0 Å². The topological polar surface area (TPSA) is 29.3 Å². The quantitative estimate of drug-likeness (QED) is 0.857. The molecule has 2 nitrogen and oxygen atoms in total. The van der Waals surface area contributed by atoms with Gasteiger partial charge in [0.2, 0.25) is 0 Å². The van der Waals surface area contributed by atoms with Crippen LogP contribution in [0.5, 0.6) is 0 Å². The van der Waals surface area contributed by atoms with Gasteiger partial charge >= 0.3 is 0 Å². The Labute approximate surface area is 132 Å². The van der Waals surface area contributed by atoms with Crippen molar-refractivity contribution < 1.29 is 0 Å². The highest BCUT2D eigenvalue weighted by Crippen LogP contribution is 2.41. The molecule has 4 heteroatoms. The molecule has 20 heavy (non-hydrogen) atoms. The Hall–Kier alpha value is -0.280. The number of nitrogens with two attached hydrogens (primary N) is 1. The monoisotopic (exact) mass is 314 g/mol. The SMILES string of the molecule is CCC(CC)(C(N)c1cccc(Cl)c1Cl)N1CCCC1. The number of nitrogens with zero attached hydrogens (tertiary/aromatic N) is 1. The van der Waals surface area contributed by atoms with E-state index in [0.29, 0.717) is 10.0 Å². The molecule has 0 bridgehead atoms. The molecule has 1 atom stereocenters. The second kappa shape index (κ2) is 6.65. The Kier molecular flexibility index (Phi) is 5.36. The van der Waals surface area contributed by atoms with Gasteiger partial charge in [-0.25, -0.2) is 0 Å². The van der Waals surface area contributed by atoms with E-state index in [1.54, 1.807) is 0 Å². The molecule has 0 spiro atoms. The number of halogens is 2. The summed E-state index contributed by atoms with van der Waals surface area (Å²) in [7, 11) is 0. The molecule has 0 amide bonds. The van der Waals surface area contributed by atoms with Gasteiger partial charge in [0, 0.05) is 11.6 Å². The first-order valence-corrected chi connectivity index (χ1v) is 8.27. The van der Waals surface area contributed by atoms with Crippen LogP contribution < -0.4 is 5.73 Å². The Bertz CT molecular complexity index is 452. The Morgan fingerprint density at radius 1 is 1.20 bits per heavy atom. The lowest BCUT2D eigenvalue weighted by atomic mass is 9.79. The first-order valence-electron chi connectivity index (χ1n) is 7.51. The lowest BCUT2D eigenvalue weighted by Gasteiger charge is -2.45. The summed E-state index contributed by atoms with van der Waals surface area (Å²) in [5.41, 5.74) is 7.60. The van der Waals surface area contributed by atoms with Gasteiger partial charge in [0.15, 0.2) is 0 Å². The van der Waals surface area contributed by atoms with Gasteiger partial charge in [0.25, 0.3) is 0 Å². The second-order valence-electron chi connectivity index (χ2n) is 5.63. The zero-order chi connectivity index (χ0) is 14.8. The molecule has 1 heterocycles. The summed E-state index contributed by atoms with van der Waals surface area (Å²) in [5.74, 6) is 0. The highest BCUT2D eigenvalue weighted by atomic mass is 35.5. The maximum Gasteiger partial charge on any atom is 0.0640 e. The van der Waals surface area contributed by atoms with Crippen LogP contribution in [-0.4, -0.2) is 23.5 Å². The average Bonchev–Trinajstić information content (AvgIpc) is 2.98. The Morgan fingerprint density at radius 2 is 1.80 bits per heavy atom. The minimum Gasteiger partial charge on any atom is -0.322 e. The predicted molar refractivity (Wildman–Crippen MR) is 87.5 cm³/mol. The van der Waals surface area contributed by atoms with Crippen molar-refractivity contribution in [3.05, 3.63) is 33.8 Å². The molecular weight excluding hydrogens is 291 g/mol. The van der Waals surface area contributed by atoms with Crippen molar-refractivity contribution in [1.29, 1.82) is 0 Å². The van der Waals surface area contributed by atoms with Crippen LogP contribution in [0.4, 0.5) is 0 Å². The molecule has 1 saturated heterocycles. The number of likely N-dealkylation sites (tertiary alicyclic amines) is 1. The largest absolute Gasteiger partial charge is 0.322 e. The maximum absolute atomic E-state index is 6.66. The standard InChI is InChI=1S/C16H24Cl2N2/c1-3-16(4-2,20-10-5-6-11-20)15(19)12-8-7-9-13(17)14(12)18/h7-9,15H,3-6,10-11,19H2,1-2H3. The van der Waals surface area contributed by atoms with Crippen molar-refractivity contribution in [2.45, 2.75) is 51.1 Å². The number of hydrogen-bond acceptors (Lipinski definition) is 2. The van der Waals surface area contributed by atoms with E-state index in [4.69, 9.17) is 28.9 Å². The van der Waals surface area contributed by atoms with Crippen LogP contribution in [0.15, 0.2) is 18.2 Å². The molecule has 0 aromatic heterocycles. The second-order valence-corrected chi connectivity index (χ2v) is 6.41. The van der Waals surface area contributed by atoms with Gasteiger partial charge in [-0.1, -0.05) is 49.2 Å². The molecular formula is C16H24Cl2N2. The molecule has 1 fully saturated rings. The minimum absolute atomic E-state index is 0.0230. The van der Waals surface area contributed by atoms with Gasteiger partial charge in [-0.3, -0.25) is 4.90 Å². The highest BCUT2D eigenvalue weighted by molar-refractivity contribution is 6.42. The number of benzene rings is 1. The number of rotatable bonds is 5. The predicted octanol–water partition coefficient (Wildman–Crippen LogP) is 4.65. The van der Waals surface area contributed by atoms with Crippen LogP contribution in [0.3, 0.4) is 0 Å². The summed E-state index contributed by atoms with van der Waals surface area (Å²) in [4.78, 5) is 2.55. The smallest absolute Gasteiger partial charge is 0.0640 e. The van der Waals surface area contributed by atoms with E-state index >= 15 is 0 Å². The van der Waals surface area contributed by atoms with Gasteiger partial charge < -0.3 is 5.73 Å². The fourth-order valence-electron chi connectivity index (χ4n) is 3.55. The third-order valence-electron chi connectivity index (χ3n) is 4.86. The molecule has 1 aliphatic rings. The normalized spacial score (nSPS) is 18.4. The summed E-state index contributed by atoms with van der Waals surface area (Å²) in [6.45, 7) is 6.71. The van der Waals surface area contributed by atoms with E-state index in [0.717, 1.165) is 31.5 Å². The van der Waals surface area contributed by atoms with Crippen molar-refractivity contribution >= 4 is 23.2 Å². The molecule has 2 rings (SSSR count). The van der Waals surface area contributed by atoms with Crippen LogP contribution in [0.2, 0.25) is 10.0 Å². The third kappa shape index (κ3) is 2.71. The van der Waals surface area contributed by atoms with Crippen LogP contribution >= 0.6 is 23.2 Å². The van der Waals surface area contributed by atoms with E-state index in [1.165, 1.54) is 12.8 Å². The molecule has 0 saturated carbocycles. The Balaban J connectivity index is 2.40. The van der Waals surface area contributed by atoms with Crippen molar-refractivity contribution in [1.82, 2.24) is 4.90 Å². The summed E-state index contributed by atoms with van der Waals surface area (Å²) >= 11 is 12.5. The summed E-state index contributed by atoms with van der Waals surface area (Å²) < 4.78 is 0. The van der Waals surface area contributed by atoms with Gasteiger partial charge in [-0.05, 0) is 50.4 Å². The highest BCUT2D eigenvalue weighted by Gasteiger charge is 2.41. The molecule has 1 aromatic carbocycles. The number of hydrogen-bond donors (Lipinski definition) is 1. The zero-order valence-electron chi connectivity index (χ0n) is 12.3. The summed E-state index contributed by atoms with van der Waals surface area (Å²) in [6.07, 6.45) is 4.57. The molecule has 1 aliphatic heterocycles. The first-order chi connectivity index (χ1) is 9.56. The molecule has 1 aromatic rings. The summed E-state index contributed by atoms with van der Waals surface area (Å²) in [5, 5.41) is 1.19. The molecule has 1 unspecified atom stereocenters. The fraction of sp³-hybridized carbons (Fsp3) is 0.625. The van der Waals surface area contributed by atoms with Gasteiger partial charge in [-0.2, -0.15) is 0 Å². The van der Waals surface area contributed by atoms with E-state index in [-0.39, 0.29) is 11.6 Å². The molecule has 0 radical (unpaired) electrons. The van der Waals surface area contributed by atoms with E-state index in [9.17, 15) is 0 Å². The van der Waals surface area contributed by atoms with E-state index in [2.05, 4.69) is 18.7 Å². The molecule has 112 valence electrons. The van der Waals surface area contributed by atoms with Crippen LogP contribution in [-0.2, 0) is 0 Å². The summed E-state index contributed by atoms with van der Waals surface area (Å²) in [6, 6.07) is 5.65. The van der Waals surface area contributed by atoms with Crippen molar-refractivity contribution in [2.24, 2.45) is 5.73 Å². The van der Waals surface area contributed by atoms with E-state index in [1.807, 2.05) is 18.2 Å². The van der Waals surface area contributed by atoms with Gasteiger partial charge in [0.1, 0.15) is 0 Å². The minimum atomic E-state index is -0.109.